The smallest absolute Gasteiger partial charge is 0.319 e. The van der Waals surface area contributed by atoms with E-state index in [9.17, 15) is 80.2 Å². The maximum Gasteiger partial charge on any atom is 0.319 e. The Kier molecular flexibility index (Phi) is 16.9. The van der Waals surface area contributed by atoms with Gasteiger partial charge in [-0.05, 0) is 85.3 Å². The number of halogens is 2. The summed E-state index contributed by atoms with van der Waals surface area (Å²) < 4.78 is 173. The van der Waals surface area contributed by atoms with Crippen LogP contribution in [-0.2, 0) is 50.6 Å². The van der Waals surface area contributed by atoms with Crippen molar-refractivity contribution in [2.24, 2.45) is 20.5 Å². The zero-order valence-electron chi connectivity index (χ0n) is 39.0. The van der Waals surface area contributed by atoms with E-state index < -0.39 is 103 Å². The molecule has 0 fully saturated rings. The maximum atomic E-state index is 12.7. The second kappa shape index (κ2) is 22.6. The number of nitriles is 2. The minimum Gasteiger partial charge on any atom is -0.395 e. The van der Waals surface area contributed by atoms with Crippen molar-refractivity contribution in [3.63, 3.8) is 0 Å². The Balaban J connectivity index is 1.45. The fraction of sp³-hybridized carbons (Fsp3) is 0.0698. The van der Waals surface area contributed by atoms with E-state index in [1.165, 1.54) is 43.3 Å². The number of pyridine rings is 1. The Bertz CT molecular complexity index is 4460. The number of aliphatic hydroxyl groups is 1. The van der Waals surface area contributed by atoms with Crippen LogP contribution in [0, 0.1) is 29.6 Å². The second-order valence-corrected chi connectivity index (χ2v) is 24.6. The number of thiophene rings is 1. The first-order valence-corrected chi connectivity index (χ1v) is 29.8. The van der Waals surface area contributed by atoms with Gasteiger partial charge in [0.05, 0.1) is 32.8 Å². The predicted octanol–water partition coefficient (Wildman–Crippen LogP) is 8.99. The molecule has 0 aliphatic carbocycles. The molecule has 36 heteroatoms. The molecule has 0 atom stereocenters. The summed E-state index contributed by atoms with van der Waals surface area (Å²) in [5.74, 6) is -0.638. The molecule has 0 radical (unpaired) electrons. The van der Waals surface area contributed by atoms with Crippen molar-refractivity contribution in [2.45, 2.75) is 31.4 Å². The van der Waals surface area contributed by atoms with E-state index in [4.69, 9.17) is 28.3 Å². The van der Waals surface area contributed by atoms with E-state index in [0.717, 1.165) is 30.3 Å². The highest BCUT2D eigenvalue weighted by Crippen LogP contribution is 2.49. The minimum atomic E-state index is -5.44. The Morgan fingerprint density at radius 1 is 0.608 bits per heavy atom. The molecular formula is C43H31Cl2N11O17S6. The molecule has 0 bridgehead atoms. The van der Waals surface area contributed by atoms with E-state index in [0.29, 0.717) is 29.5 Å². The molecule has 0 spiro atoms. The van der Waals surface area contributed by atoms with E-state index in [2.05, 4.69) is 46.7 Å². The van der Waals surface area contributed by atoms with Crippen LogP contribution in [0.3, 0.4) is 0 Å². The first-order valence-electron chi connectivity index (χ1n) is 21.1. The molecule has 10 N–H and O–H groups in total. The lowest BCUT2D eigenvalue weighted by Gasteiger charge is -2.16. The molecular weight excluding hydrogens is 1210 g/mol. The van der Waals surface area contributed by atoms with Crippen LogP contribution < -0.4 is 21.3 Å². The highest BCUT2D eigenvalue weighted by molar-refractivity contribution is 7.87. The van der Waals surface area contributed by atoms with Crippen LogP contribution in [0.1, 0.15) is 16.7 Å². The van der Waals surface area contributed by atoms with Crippen LogP contribution in [0.4, 0.5) is 54.9 Å². The molecule has 2 aromatic heterocycles. The Labute approximate surface area is 460 Å². The van der Waals surface area contributed by atoms with Crippen LogP contribution in [0.5, 0.6) is 0 Å². The molecule has 79 heavy (non-hydrogen) atoms. The number of fused-ring (bicyclic) bond motifs is 1. The van der Waals surface area contributed by atoms with Gasteiger partial charge in [0, 0.05) is 45.5 Å². The molecule has 0 unspecified atom stereocenters. The third-order valence-electron chi connectivity index (χ3n) is 10.6. The van der Waals surface area contributed by atoms with Crippen LogP contribution in [0.25, 0.3) is 21.9 Å². The number of benzene rings is 5. The monoisotopic (exact) mass is 1230 g/mol. The maximum absolute atomic E-state index is 12.7. The number of carbonyl (C=O) groups is 1. The highest BCUT2D eigenvalue weighted by atomic mass is 35.5. The topological polar surface area (TPSA) is 467 Å². The van der Waals surface area contributed by atoms with Crippen molar-refractivity contribution in [2.75, 3.05) is 29.1 Å². The number of nitrogens with one attached hydrogen (secondary N) is 4. The van der Waals surface area contributed by atoms with Crippen molar-refractivity contribution in [1.82, 2.24) is 10.3 Å². The van der Waals surface area contributed by atoms with Crippen molar-refractivity contribution >= 4 is 152 Å². The fourth-order valence-electron chi connectivity index (χ4n) is 7.13. The minimum absolute atomic E-state index is 0.0422. The normalized spacial score (nSPS) is 12.4. The lowest BCUT2D eigenvalue weighted by atomic mass is 10.0. The number of urea groups is 1. The number of hydrogen-bond acceptors (Lipinski definition) is 22. The lowest BCUT2D eigenvalue weighted by Crippen LogP contribution is -2.30. The van der Waals surface area contributed by atoms with Gasteiger partial charge in [-0.3, -0.25) is 22.8 Å². The van der Waals surface area contributed by atoms with Gasteiger partial charge >= 0.3 is 6.03 Å². The summed E-state index contributed by atoms with van der Waals surface area (Å²) in [6.07, 6.45) is 0. The molecule has 2 heterocycles. The van der Waals surface area contributed by atoms with Gasteiger partial charge in [0.25, 0.3) is 50.6 Å². The number of nitrogens with zero attached hydrogens (tertiary/aromatic N) is 7. The van der Waals surface area contributed by atoms with Gasteiger partial charge in [-0.15, -0.1) is 20.5 Å². The van der Waals surface area contributed by atoms with Crippen molar-refractivity contribution < 1.29 is 74.8 Å². The summed E-state index contributed by atoms with van der Waals surface area (Å²) in [5, 5.41) is 54.8. The summed E-state index contributed by atoms with van der Waals surface area (Å²) in [7, 11) is -26.0. The van der Waals surface area contributed by atoms with Gasteiger partial charge in [0.1, 0.15) is 48.0 Å². The molecule has 5 aromatic carbocycles. The number of carbonyl (C=O) groups excluding carboxylic acids is 1. The molecule has 28 nitrogen and oxygen atoms in total. The number of aliphatic hydroxyl groups excluding tert-OH is 1. The number of anilines is 5. The zero-order valence-corrected chi connectivity index (χ0v) is 45.4. The Morgan fingerprint density at radius 2 is 1.11 bits per heavy atom. The van der Waals surface area contributed by atoms with Gasteiger partial charge in [0.15, 0.2) is 16.6 Å². The highest BCUT2D eigenvalue weighted by Gasteiger charge is 2.28. The summed E-state index contributed by atoms with van der Waals surface area (Å²) in [6.45, 7) is 0.899. The summed E-state index contributed by atoms with van der Waals surface area (Å²) >= 11 is 12.6. The quantitative estimate of drug-likeness (QED) is 0.0300. The van der Waals surface area contributed by atoms with Gasteiger partial charge in [-0.2, -0.15) is 52.6 Å². The number of rotatable bonds is 17. The average molecular weight is 1240 g/mol. The third kappa shape index (κ3) is 13.4. The molecule has 0 saturated heterocycles. The average Bonchev–Trinajstić information content (AvgIpc) is 3.89. The molecule has 410 valence electrons. The Hall–Kier alpha value is -7.65. The van der Waals surface area contributed by atoms with Gasteiger partial charge in [0.2, 0.25) is 0 Å². The second-order valence-electron chi connectivity index (χ2n) is 15.8. The molecule has 7 rings (SSSR count). The van der Waals surface area contributed by atoms with E-state index >= 15 is 0 Å². The van der Waals surface area contributed by atoms with Gasteiger partial charge in [-0.1, -0.05) is 46.7 Å². The molecule has 0 saturated carbocycles. The fourth-order valence-corrected chi connectivity index (χ4v) is 12.1. The number of amides is 2. The van der Waals surface area contributed by atoms with Gasteiger partial charge < -0.3 is 26.4 Å². The summed E-state index contributed by atoms with van der Waals surface area (Å²) in [6, 6.07) is 17.6. The lowest BCUT2D eigenvalue weighted by molar-refractivity contribution is 0.245. The van der Waals surface area contributed by atoms with Crippen molar-refractivity contribution in [3.8, 4) is 23.3 Å². The summed E-state index contributed by atoms with van der Waals surface area (Å²) in [4.78, 5) is 11.7. The number of azo groups is 2. The van der Waals surface area contributed by atoms with E-state index in [1.54, 1.807) is 0 Å². The largest absolute Gasteiger partial charge is 0.395 e. The van der Waals surface area contributed by atoms with Crippen LogP contribution >= 0.6 is 34.5 Å². The first-order chi connectivity index (χ1) is 36.8. The first kappa shape index (κ1) is 59.0. The molecule has 0 aliphatic heterocycles. The molecule has 0 aliphatic rings. The standard InChI is InChI=1S/C43H31Cl2N11O17S6/c1-20-29(18-46)39(49-23-6-8-31(44)35(13-23)78(68,69)70)52-40(50-24-7-9-32(45)36(14-24)79(71,72)73)38(20)54-55-41-30(19-47)37(21-2-4-22(5-3-21)51-43(58)48-10-11-57)42(74-41)56-53-25-12-27-28(33(15-25)76(62,63)64)16-26(75(59,60)61)17-34(27)77(65,66)67/h2-9,12-17,57H,10-11H2,1H3,(H2,48,51,58)(H2,49,50,52)(H,59,60,61)(H,62,63,64)(H,65,66,67)(H,68,69,70)(H,71,72,73). The van der Waals surface area contributed by atoms with Crippen molar-refractivity contribution in [3.05, 3.63) is 112 Å². The summed E-state index contributed by atoms with van der Waals surface area (Å²) in [5.41, 5.74) is -1.42. The molecule has 2 amide bonds. The van der Waals surface area contributed by atoms with E-state index in [-0.39, 0.29) is 90.4 Å². The zero-order chi connectivity index (χ0) is 58.2. The van der Waals surface area contributed by atoms with Crippen LogP contribution in [0.15, 0.2) is 130 Å². The van der Waals surface area contributed by atoms with E-state index in [1.807, 2.05) is 12.1 Å². The van der Waals surface area contributed by atoms with Crippen LogP contribution in [-0.4, -0.2) is 94.1 Å². The van der Waals surface area contributed by atoms with Gasteiger partial charge in [-0.25, -0.2) is 9.78 Å². The molecule has 7 aromatic rings. The third-order valence-corrected chi connectivity index (χ3v) is 16.8. The number of aromatic nitrogens is 1. The van der Waals surface area contributed by atoms with Crippen LogP contribution in [0.2, 0.25) is 10.0 Å². The SMILES string of the molecule is Cc1c(C#N)c(Nc2ccc(Cl)c(S(=O)(=O)O)c2)nc(Nc2ccc(Cl)c(S(=O)(=O)O)c2)c1N=Nc1sc(N=Nc2cc(S(=O)(=O)O)c3cc(S(=O)(=O)O)cc(S(=O)(=O)O)c3c2)c(-c2ccc(NC(=O)NCCO)cc2)c1C#N. The predicted molar refractivity (Wildman–Crippen MR) is 283 cm³/mol. The number of hydrogen-bond donors (Lipinski definition) is 10. The van der Waals surface area contributed by atoms with Crippen molar-refractivity contribution in [1.29, 1.82) is 10.5 Å². The Morgan fingerprint density at radius 3 is 1.63 bits per heavy atom.